The van der Waals surface area contributed by atoms with Crippen LogP contribution in [0.1, 0.15) is 30.6 Å². The standard InChI is InChI=1S/C17H18O3S.C4HF9O3S/c1-2-19-17(18)20-15-10-9-14(16-8-5-11-21-16)12-6-3-4-7-13(12)15;5-1(6,3(9,10)11)2(7,8)4(12,13)17(14,15)16/h3-4,6-7,9-10,16H,2,5,8,11H2,1H3;(H,14,15,16). The first-order chi connectivity index (χ1) is 17.3. The van der Waals surface area contributed by atoms with E-state index in [-0.39, 0.29) is 0 Å². The summed E-state index contributed by atoms with van der Waals surface area (Å²) in [6, 6.07) is 12.0. The van der Waals surface area contributed by atoms with Gasteiger partial charge in [0.05, 0.1) is 6.61 Å². The summed E-state index contributed by atoms with van der Waals surface area (Å²) in [6.07, 6.45) is -5.30. The monoisotopic (exact) mass is 602 g/mol. The van der Waals surface area contributed by atoms with Crippen molar-refractivity contribution in [1.29, 1.82) is 0 Å². The number of benzene rings is 2. The van der Waals surface area contributed by atoms with Crippen LogP contribution < -0.4 is 4.74 Å². The minimum absolute atomic E-state index is 0.313. The van der Waals surface area contributed by atoms with Crippen LogP contribution in [0.2, 0.25) is 0 Å². The zero-order chi connectivity index (χ0) is 29.2. The van der Waals surface area contributed by atoms with Crippen LogP contribution in [0.5, 0.6) is 5.75 Å². The predicted molar refractivity (Wildman–Crippen MR) is 118 cm³/mol. The zero-order valence-electron chi connectivity index (χ0n) is 19.1. The molecule has 0 aromatic heterocycles. The summed E-state index contributed by atoms with van der Waals surface area (Å²) in [5.74, 6) is -12.9. The van der Waals surface area contributed by atoms with Gasteiger partial charge in [-0.3, -0.25) is 4.55 Å². The fourth-order valence-electron chi connectivity index (χ4n) is 3.25. The molecule has 1 heterocycles. The Morgan fingerprint density at radius 2 is 1.55 bits per heavy atom. The van der Waals surface area contributed by atoms with Crippen LogP contribution in [0.4, 0.5) is 44.3 Å². The number of rotatable bonds is 6. The third-order valence-electron chi connectivity index (χ3n) is 5.09. The molecule has 1 saturated heterocycles. The summed E-state index contributed by atoms with van der Waals surface area (Å²) in [6.45, 7) is 2.08. The summed E-state index contributed by atoms with van der Waals surface area (Å²) >= 11 is 2.01. The molecule has 38 heavy (non-hydrogen) atoms. The molecule has 0 radical (unpaired) electrons. The lowest BCUT2D eigenvalue weighted by Crippen LogP contribution is -2.63. The van der Waals surface area contributed by atoms with E-state index in [9.17, 15) is 52.7 Å². The molecule has 1 N–H and O–H groups in total. The van der Waals surface area contributed by atoms with Crippen molar-refractivity contribution in [2.45, 2.75) is 48.3 Å². The largest absolute Gasteiger partial charge is 0.513 e. The van der Waals surface area contributed by atoms with Crippen molar-refractivity contribution in [2.24, 2.45) is 0 Å². The first kappa shape index (κ1) is 31.8. The molecule has 0 amide bonds. The SMILES string of the molecule is CCOC(=O)Oc1ccc(C2CCCS2)c2ccccc12.O=S(=O)(O)C(F)(F)C(F)(F)C(F)(F)C(F)(F)F. The van der Waals surface area contributed by atoms with Gasteiger partial charge in [-0.05, 0) is 42.5 Å². The molecule has 1 unspecified atom stereocenters. The number of carbonyl (C=O) groups excluding carboxylic acids is 1. The molecule has 0 bridgehead atoms. The Morgan fingerprint density at radius 3 is 2.03 bits per heavy atom. The number of fused-ring (bicyclic) bond motifs is 1. The fourth-order valence-corrected chi connectivity index (χ4v) is 5.04. The van der Waals surface area contributed by atoms with Crippen LogP contribution >= 0.6 is 11.8 Å². The number of ether oxygens (including phenoxy) is 2. The van der Waals surface area contributed by atoms with Crippen molar-refractivity contribution in [2.75, 3.05) is 12.4 Å². The molecule has 17 heteroatoms. The van der Waals surface area contributed by atoms with Gasteiger partial charge in [0.15, 0.2) is 0 Å². The second-order valence-corrected chi connectivity index (χ2v) is 10.4. The Bertz CT molecular complexity index is 1240. The van der Waals surface area contributed by atoms with Gasteiger partial charge in [-0.15, -0.1) is 0 Å². The van der Waals surface area contributed by atoms with Crippen molar-refractivity contribution in [3.05, 3.63) is 42.0 Å². The zero-order valence-corrected chi connectivity index (χ0v) is 20.7. The number of halogens is 9. The van der Waals surface area contributed by atoms with E-state index in [2.05, 4.69) is 12.1 Å². The van der Waals surface area contributed by atoms with E-state index in [4.69, 9.17) is 14.0 Å². The van der Waals surface area contributed by atoms with Crippen LogP contribution in [0.25, 0.3) is 10.8 Å². The molecule has 0 saturated carbocycles. The third-order valence-corrected chi connectivity index (χ3v) is 7.41. The van der Waals surface area contributed by atoms with Crippen molar-refractivity contribution in [3.8, 4) is 5.75 Å². The fraction of sp³-hybridized carbons (Fsp3) is 0.476. The minimum Gasteiger partial charge on any atom is -0.434 e. The summed E-state index contributed by atoms with van der Waals surface area (Å²) < 4.78 is 144. The summed E-state index contributed by atoms with van der Waals surface area (Å²) in [5, 5.41) is -4.32. The van der Waals surface area contributed by atoms with Crippen LogP contribution in [0.15, 0.2) is 36.4 Å². The summed E-state index contributed by atoms with van der Waals surface area (Å²) in [5.41, 5.74) is 1.34. The molecule has 1 aliphatic heterocycles. The molecule has 214 valence electrons. The van der Waals surface area contributed by atoms with Gasteiger partial charge in [0, 0.05) is 10.6 Å². The maximum Gasteiger partial charge on any atom is 0.513 e. The number of hydrogen-bond donors (Lipinski definition) is 1. The number of alkyl halides is 9. The van der Waals surface area contributed by atoms with Crippen molar-refractivity contribution >= 4 is 38.8 Å². The van der Waals surface area contributed by atoms with Gasteiger partial charge >= 0.3 is 39.5 Å². The predicted octanol–water partition coefficient (Wildman–Crippen LogP) is 7.24. The summed E-state index contributed by atoms with van der Waals surface area (Å²) in [4.78, 5) is 11.5. The molecule has 0 aliphatic carbocycles. The van der Waals surface area contributed by atoms with E-state index in [1.165, 1.54) is 29.5 Å². The average molecular weight is 602 g/mol. The molecule has 2 aromatic rings. The topological polar surface area (TPSA) is 89.9 Å². The second-order valence-electron chi connectivity index (χ2n) is 7.62. The highest BCUT2D eigenvalue weighted by molar-refractivity contribution is 7.99. The van der Waals surface area contributed by atoms with E-state index >= 15 is 0 Å². The van der Waals surface area contributed by atoms with Crippen molar-refractivity contribution in [3.63, 3.8) is 0 Å². The molecular formula is C21H19F9O6S2. The Hall–Kier alpha value is -2.40. The molecule has 1 fully saturated rings. The first-order valence-corrected chi connectivity index (χ1v) is 12.9. The van der Waals surface area contributed by atoms with Crippen molar-refractivity contribution < 1.29 is 66.8 Å². The average Bonchev–Trinajstić information content (AvgIpc) is 3.33. The van der Waals surface area contributed by atoms with Gasteiger partial charge in [-0.2, -0.15) is 59.7 Å². The molecule has 3 rings (SSSR count). The van der Waals surface area contributed by atoms with Gasteiger partial charge in [0.25, 0.3) is 0 Å². The molecular weight excluding hydrogens is 583 g/mol. The van der Waals surface area contributed by atoms with Gasteiger partial charge < -0.3 is 9.47 Å². The smallest absolute Gasteiger partial charge is 0.434 e. The highest BCUT2D eigenvalue weighted by Gasteiger charge is 2.85. The maximum absolute atomic E-state index is 12.2. The molecule has 2 aromatic carbocycles. The van der Waals surface area contributed by atoms with Crippen molar-refractivity contribution in [1.82, 2.24) is 0 Å². The highest BCUT2D eigenvalue weighted by atomic mass is 32.2. The third kappa shape index (κ3) is 6.25. The number of carbonyl (C=O) groups is 1. The maximum atomic E-state index is 12.2. The Balaban J connectivity index is 0.000000275. The Morgan fingerprint density at radius 1 is 0.974 bits per heavy atom. The number of hydrogen-bond acceptors (Lipinski definition) is 6. The molecule has 1 aliphatic rings. The van der Waals surface area contributed by atoms with E-state index < -0.39 is 39.5 Å². The molecule has 1 atom stereocenters. The minimum atomic E-state index is -7.37. The lowest BCUT2D eigenvalue weighted by molar-refractivity contribution is -0.382. The lowest BCUT2D eigenvalue weighted by atomic mass is 9.99. The van der Waals surface area contributed by atoms with E-state index in [0.717, 1.165) is 5.39 Å². The highest BCUT2D eigenvalue weighted by Crippen LogP contribution is 2.54. The quantitative estimate of drug-likeness (QED) is 0.161. The second kappa shape index (κ2) is 11.4. The van der Waals surface area contributed by atoms with Gasteiger partial charge in [0.1, 0.15) is 5.75 Å². The molecule has 0 spiro atoms. The van der Waals surface area contributed by atoms with Crippen LogP contribution in [-0.2, 0) is 14.9 Å². The van der Waals surface area contributed by atoms with Crippen LogP contribution in [0, 0.1) is 0 Å². The van der Waals surface area contributed by atoms with Crippen LogP contribution in [0.3, 0.4) is 0 Å². The Labute approximate surface area is 214 Å². The lowest BCUT2D eigenvalue weighted by Gasteiger charge is -2.31. The number of thioether (sulfide) groups is 1. The van der Waals surface area contributed by atoms with Gasteiger partial charge in [0.2, 0.25) is 0 Å². The molecule has 6 nitrogen and oxygen atoms in total. The normalized spacial score (nSPS) is 17.1. The summed E-state index contributed by atoms with van der Waals surface area (Å²) in [7, 11) is -7.17. The van der Waals surface area contributed by atoms with Gasteiger partial charge in [-0.1, -0.05) is 30.3 Å². The van der Waals surface area contributed by atoms with E-state index in [1.807, 2.05) is 36.0 Å². The Kier molecular flexibility index (Phi) is 9.52. The van der Waals surface area contributed by atoms with E-state index in [1.54, 1.807) is 6.92 Å². The first-order valence-electron chi connectivity index (χ1n) is 10.4. The van der Waals surface area contributed by atoms with E-state index in [0.29, 0.717) is 17.6 Å². The van der Waals surface area contributed by atoms with Gasteiger partial charge in [-0.25, -0.2) is 4.79 Å². The van der Waals surface area contributed by atoms with Crippen LogP contribution in [-0.4, -0.2) is 54.8 Å².